The first kappa shape index (κ1) is 18.4. The Kier molecular flexibility index (Phi) is 6.95. The fourth-order valence-corrected chi connectivity index (χ4v) is 2.20. The Labute approximate surface area is 146 Å². The molecule has 132 valence electrons. The van der Waals surface area contributed by atoms with Gasteiger partial charge in [-0.3, -0.25) is 4.99 Å². The number of hydrogen-bond donors (Lipinski definition) is 2. The summed E-state index contributed by atoms with van der Waals surface area (Å²) in [4.78, 5) is 4.08. The van der Waals surface area contributed by atoms with E-state index < -0.39 is 11.6 Å². The summed E-state index contributed by atoms with van der Waals surface area (Å²) in [5.41, 5.74) is 1.18. The molecule has 0 saturated heterocycles. The van der Waals surface area contributed by atoms with Crippen molar-refractivity contribution in [2.45, 2.75) is 13.1 Å². The largest absolute Gasteiger partial charge is 0.489 e. The van der Waals surface area contributed by atoms with E-state index in [2.05, 4.69) is 22.2 Å². The smallest absolute Gasteiger partial charge is 0.191 e. The topological polar surface area (TPSA) is 45.6 Å². The lowest BCUT2D eigenvalue weighted by Crippen LogP contribution is -2.36. The van der Waals surface area contributed by atoms with E-state index in [1.807, 2.05) is 24.3 Å². The van der Waals surface area contributed by atoms with Crippen LogP contribution in [0.3, 0.4) is 0 Å². The minimum absolute atomic E-state index is 0.123. The Morgan fingerprint density at radius 3 is 2.56 bits per heavy atom. The predicted octanol–water partition coefficient (Wildman–Crippen LogP) is 3.39. The Morgan fingerprint density at radius 1 is 1.12 bits per heavy atom. The van der Waals surface area contributed by atoms with E-state index >= 15 is 0 Å². The number of ether oxygens (including phenoxy) is 1. The van der Waals surface area contributed by atoms with Crippen LogP contribution >= 0.6 is 0 Å². The molecular weight excluding hydrogens is 324 g/mol. The molecule has 0 unspecified atom stereocenters. The molecule has 0 bridgehead atoms. The highest BCUT2D eigenvalue weighted by Gasteiger charge is 2.07. The lowest BCUT2D eigenvalue weighted by atomic mass is 10.2. The fourth-order valence-electron chi connectivity index (χ4n) is 2.20. The number of para-hydroxylation sites is 1. The number of hydrogen-bond acceptors (Lipinski definition) is 2. The van der Waals surface area contributed by atoms with Crippen molar-refractivity contribution in [1.29, 1.82) is 0 Å². The van der Waals surface area contributed by atoms with Crippen molar-refractivity contribution in [3.8, 4) is 5.75 Å². The average molecular weight is 345 g/mol. The lowest BCUT2D eigenvalue weighted by Gasteiger charge is -2.14. The van der Waals surface area contributed by atoms with E-state index in [-0.39, 0.29) is 12.1 Å². The molecule has 6 heteroatoms. The molecule has 4 nitrogen and oxygen atoms in total. The van der Waals surface area contributed by atoms with Gasteiger partial charge in [0.25, 0.3) is 0 Å². The molecule has 2 aromatic carbocycles. The molecule has 0 atom stereocenters. The number of halogens is 2. The SMILES string of the molecule is C=CCOc1ccccc1CNC(=NC)NCc1cc(F)ccc1F. The predicted molar refractivity (Wildman–Crippen MR) is 95.5 cm³/mol. The maximum Gasteiger partial charge on any atom is 0.191 e. The number of nitrogens with zero attached hydrogens (tertiary/aromatic N) is 1. The van der Waals surface area contributed by atoms with Gasteiger partial charge in [0.15, 0.2) is 5.96 Å². The van der Waals surface area contributed by atoms with Crippen LogP contribution in [0.5, 0.6) is 5.75 Å². The molecule has 0 radical (unpaired) electrons. The second-order valence-corrected chi connectivity index (χ2v) is 5.22. The zero-order valence-electron chi connectivity index (χ0n) is 14.1. The molecule has 0 aliphatic carbocycles. The molecular formula is C19H21F2N3O. The molecule has 0 saturated carbocycles. The first-order valence-electron chi connectivity index (χ1n) is 7.84. The maximum atomic E-state index is 13.7. The minimum atomic E-state index is -0.477. The average Bonchev–Trinajstić information content (AvgIpc) is 2.63. The first-order chi connectivity index (χ1) is 12.1. The van der Waals surface area contributed by atoms with Crippen LogP contribution in [0.4, 0.5) is 8.78 Å². The van der Waals surface area contributed by atoms with Gasteiger partial charge in [0.05, 0.1) is 0 Å². The first-order valence-corrected chi connectivity index (χ1v) is 7.84. The Hall–Kier alpha value is -2.89. The highest BCUT2D eigenvalue weighted by atomic mass is 19.1. The number of rotatable bonds is 7. The minimum Gasteiger partial charge on any atom is -0.489 e. The van der Waals surface area contributed by atoms with E-state index in [1.54, 1.807) is 13.1 Å². The molecule has 0 amide bonds. The van der Waals surface area contributed by atoms with Gasteiger partial charge in [-0.1, -0.05) is 30.9 Å². The Bertz CT molecular complexity index is 747. The third-order valence-corrected chi connectivity index (χ3v) is 3.45. The fraction of sp³-hybridized carbons (Fsp3) is 0.211. The summed E-state index contributed by atoms with van der Waals surface area (Å²) < 4.78 is 32.5. The molecule has 0 aliphatic heterocycles. The van der Waals surface area contributed by atoms with Gasteiger partial charge in [0.2, 0.25) is 0 Å². The van der Waals surface area contributed by atoms with Gasteiger partial charge in [0, 0.05) is 31.3 Å². The zero-order chi connectivity index (χ0) is 18.1. The standard InChI is InChI=1S/C19H21F2N3O/c1-3-10-25-18-7-5-4-6-14(18)12-23-19(22-2)24-13-15-11-16(20)8-9-17(15)21/h3-9,11H,1,10,12-13H2,2H3,(H2,22,23,24). The summed E-state index contributed by atoms with van der Waals surface area (Å²) in [6.07, 6.45) is 1.68. The molecule has 0 aliphatic rings. The molecule has 0 spiro atoms. The van der Waals surface area contributed by atoms with Gasteiger partial charge in [-0.25, -0.2) is 8.78 Å². The Balaban J connectivity index is 1.95. The van der Waals surface area contributed by atoms with Crippen LogP contribution in [0, 0.1) is 11.6 Å². The summed E-state index contributed by atoms with van der Waals surface area (Å²) >= 11 is 0. The third kappa shape index (κ3) is 5.60. The summed E-state index contributed by atoms with van der Waals surface area (Å²) in [7, 11) is 1.61. The van der Waals surface area contributed by atoms with E-state index in [4.69, 9.17) is 4.74 Å². The second kappa shape index (κ2) is 9.42. The van der Waals surface area contributed by atoms with E-state index in [0.29, 0.717) is 19.1 Å². The van der Waals surface area contributed by atoms with Gasteiger partial charge in [-0.05, 0) is 24.3 Å². The zero-order valence-corrected chi connectivity index (χ0v) is 14.1. The van der Waals surface area contributed by atoms with Gasteiger partial charge in [-0.2, -0.15) is 0 Å². The summed E-state index contributed by atoms with van der Waals surface area (Å²) in [5, 5.41) is 6.09. The van der Waals surface area contributed by atoms with Crippen LogP contribution < -0.4 is 15.4 Å². The van der Waals surface area contributed by atoms with Crippen LogP contribution in [0.1, 0.15) is 11.1 Å². The molecule has 2 rings (SSSR count). The van der Waals surface area contributed by atoms with E-state index in [1.165, 1.54) is 0 Å². The van der Waals surface area contributed by atoms with Gasteiger partial charge in [-0.15, -0.1) is 0 Å². The second-order valence-electron chi connectivity index (χ2n) is 5.22. The Morgan fingerprint density at radius 2 is 1.84 bits per heavy atom. The van der Waals surface area contributed by atoms with Crippen molar-refractivity contribution in [1.82, 2.24) is 10.6 Å². The molecule has 25 heavy (non-hydrogen) atoms. The molecule has 0 heterocycles. The van der Waals surface area contributed by atoms with Crippen molar-refractivity contribution in [2.24, 2.45) is 4.99 Å². The van der Waals surface area contributed by atoms with E-state index in [9.17, 15) is 8.78 Å². The number of aliphatic imine (C=N–C) groups is 1. The lowest BCUT2D eigenvalue weighted by molar-refractivity contribution is 0.358. The molecule has 0 aromatic heterocycles. The molecule has 2 aromatic rings. The number of guanidine groups is 1. The van der Waals surface area contributed by atoms with E-state index in [0.717, 1.165) is 29.5 Å². The number of nitrogens with one attached hydrogen (secondary N) is 2. The van der Waals surface area contributed by atoms with Crippen LogP contribution in [-0.4, -0.2) is 19.6 Å². The molecule has 0 fully saturated rings. The van der Waals surface area contributed by atoms with Crippen molar-refractivity contribution < 1.29 is 13.5 Å². The highest BCUT2D eigenvalue weighted by molar-refractivity contribution is 5.79. The van der Waals surface area contributed by atoms with Crippen molar-refractivity contribution in [3.63, 3.8) is 0 Å². The van der Waals surface area contributed by atoms with Crippen LogP contribution in [0.15, 0.2) is 60.1 Å². The number of benzene rings is 2. The monoisotopic (exact) mass is 345 g/mol. The van der Waals surface area contributed by atoms with Crippen molar-refractivity contribution >= 4 is 5.96 Å². The van der Waals surface area contributed by atoms with Gasteiger partial charge < -0.3 is 15.4 Å². The third-order valence-electron chi connectivity index (χ3n) is 3.45. The molecule has 2 N–H and O–H groups in total. The van der Waals surface area contributed by atoms with Crippen LogP contribution in [0.25, 0.3) is 0 Å². The maximum absolute atomic E-state index is 13.7. The normalized spacial score (nSPS) is 11.1. The summed E-state index contributed by atoms with van der Waals surface area (Å²) in [6.45, 7) is 4.65. The van der Waals surface area contributed by atoms with Crippen molar-refractivity contribution in [2.75, 3.05) is 13.7 Å². The van der Waals surface area contributed by atoms with Crippen LogP contribution in [0.2, 0.25) is 0 Å². The van der Waals surface area contributed by atoms with Gasteiger partial charge >= 0.3 is 0 Å². The highest BCUT2D eigenvalue weighted by Crippen LogP contribution is 2.17. The van der Waals surface area contributed by atoms with Crippen molar-refractivity contribution in [3.05, 3.63) is 77.9 Å². The quantitative estimate of drug-likeness (QED) is 0.459. The van der Waals surface area contributed by atoms with Crippen LogP contribution in [-0.2, 0) is 13.1 Å². The summed E-state index contributed by atoms with van der Waals surface area (Å²) in [5.74, 6) is 0.283. The van der Waals surface area contributed by atoms with Gasteiger partial charge in [0.1, 0.15) is 24.0 Å². The summed E-state index contributed by atoms with van der Waals surface area (Å²) in [6, 6.07) is 11.0.